The van der Waals surface area contributed by atoms with E-state index in [1.54, 1.807) is 23.1 Å². The van der Waals surface area contributed by atoms with Gasteiger partial charge in [-0.15, -0.1) is 0 Å². The van der Waals surface area contributed by atoms with Crippen LogP contribution in [-0.2, 0) is 0 Å². The third-order valence-corrected chi connectivity index (χ3v) is 4.53. The predicted molar refractivity (Wildman–Crippen MR) is 98.5 cm³/mol. The molecule has 0 saturated heterocycles. The van der Waals surface area contributed by atoms with Gasteiger partial charge in [-0.2, -0.15) is 9.78 Å². The Labute approximate surface area is 158 Å². The molecule has 1 aliphatic rings. The molecule has 2 N–H and O–H groups in total. The van der Waals surface area contributed by atoms with Crippen molar-refractivity contribution in [3.63, 3.8) is 0 Å². The fourth-order valence-corrected chi connectivity index (χ4v) is 3.36. The summed E-state index contributed by atoms with van der Waals surface area (Å²) in [7, 11) is 0. The number of hydrogen-bond donors (Lipinski definition) is 2. The van der Waals surface area contributed by atoms with Crippen LogP contribution >= 0.6 is 0 Å². The van der Waals surface area contributed by atoms with E-state index in [-0.39, 0.29) is 5.56 Å². The molecule has 140 valence electrons. The third kappa shape index (κ3) is 2.46. The average Bonchev–Trinajstić information content (AvgIpc) is 3.40. The SMILES string of the molecule is CCOc1ccc(C2c3c(-c4ccco4)n[nH]c(=O)c3Nc3nnnn32)cc1. The maximum absolute atomic E-state index is 12.5. The molecule has 28 heavy (non-hydrogen) atoms. The zero-order chi connectivity index (χ0) is 19.1. The highest BCUT2D eigenvalue weighted by molar-refractivity contribution is 5.73. The first-order valence-electron chi connectivity index (χ1n) is 8.70. The van der Waals surface area contributed by atoms with E-state index in [1.807, 2.05) is 31.2 Å². The molecule has 1 atom stereocenters. The van der Waals surface area contributed by atoms with E-state index < -0.39 is 6.04 Å². The number of aromatic amines is 1. The van der Waals surface area contributed by atoms with Gasteiger partial charge in [-0.25, -0.2) is 5.10 Å². The molecule has 0 amide bonds. The Bertz CT molecular complexity index is 1180. The zero-order valence-electron chi connectivity index (χ0n) is 14.8. The van der Waals surface area contributed by atoms with Crippen LogP contribution < -0.4 is 15.6 Å². The summed E-state index contributed by atoms with van der Waals surface area (Å²) in [6.07, 6.45) is 1.55. The molecule has 3 aromatic heterocycles. The summed E-state index contributed by atoms with van der Waals surface area (Å²) in [6.45, 7) is 2.51. The van der Waals surface area contributed by atoms with Crippen LogP contribution in [0.4, 0.5) is 11.6 Å². The predicted octanol–water partition coefficient (Wildman–Crippen LogP) is 2.11. The highest BCUT2D eigenvalue weighted by Gasteiger charge is 2.34. The Morgan fingerprint density at radius 2 is 2.11 bits per heavy atom. The molecule has 4 heterocycles. The summed E-state index contributed by atoms with van der Waals surface area (Å²) in [4.78, 5) is 12.5. The van der Waals surface area contributed by atoms with Gasteiger partial charge in [0, 0.05) is 5.56 Å². The molecule has 1 unspecified atom stereocenters. The average molecular weight is 377 g/mol. The van der Waals surface area contributed by atoms with Gasteiger partial charge in [-0.1, -0.05) is 17.2 Å². The number of nitrogens with one attached hydrogen (secondary N) is 2. The summed E-state index contributed by atoms with van der Waals surface area (Å²) in [5, 5.41) is 21.6. The quantitative estimate of drug-likeness (QED) is 0.488. The molecule has 4 aromatic rings. The summed E-state index contributed by atoms with van der Waals surface area (Å²) in [5.74, 6) is 1.66. The Kier molecular flexibility index (Phi) is 3.68. The highest BCUT2D eigenvalue weighted by atomic mass is 16.5. The largest absolute Gasteiger partial charge is 0.494 e. The number of furan rings is 1. The van der Waals surface area contributed by atoms with Crippen molar-refractivity contribution in [1.82, 2.24) is 30.4 Å². The number of fused-ring (bicyclic) bond motifs is 2. The number of nitrogens with zero attached hydrogens (tertiary/aromatic N) is 5. The van der Waals surface area contributed by atoms with Gasteiger partial charge in [-0.3, -0.25) is 4.79 Å². The smallest absolute Gasteiger partial charge is 0.288 e. The van der Waals surface area contributed by atoms with E-state index >= 15 is 0 Å². The number of H-pyrrole nitrogens is 1. The molecular weight excluding hydrogens is 362 g/mol. The number of ether oxygens (including phenoxy) is 1. The Morgan fingerprint density at radius 3 is 2.86 bits per heavy atom. The first-order chi connectivity index (χ1) is 13.8. The number of hydrogen-bond acceptors (Lipinski definition) is 8. The lowest BCUT2D eigenvalue weighted by Crippen LogP contribution is -2.29. The van der Waals surface area contributed by atoms with Gasteiger partial charge in [0.1, 0.15) is 23.2 Å². The molecular formula is C18H15N7O3. The first-order valence-corrected chi connectivity index (χ1v) is 8.70. The second-order valence-electron chi connectivity index (χ2n) is 6.14. The zero-order valence-corrected chi connectivity index (χ0v) is 14.8. The molecule has 0 fully saturated rings. The van der Waals surface area contributed by atoms with Gasteiger partial charge in [0.15, 0.2) is 5.76 Å². The maximum atomic E-state index is 12.5. The van der Waals surface area contributed by atoms with E-state index in [4.69, 9.17) is 9.15 Å². The van der Waals surface area contributed by atoms with Crippen molar-refractivity contribution in [2.24, 2.45) is 0 Å². The maximum Gasteiger partial charge on any atom is 0.288 e. The van der Waals surface area contributed by atoms with Crippen LogP contribution in [0.1, 0.15) is 24.1 Å². The second-order valence-corrected chi connectivity index (χ2v) is 6.14. The summed E-state index contributed by atoms with van der Waals surface area (Å²) in [6, 6.07) is 10.7. The molecule has 0 saturated carbocycles. The van der Waals surface area contributed by atoms with E-state index in [1.165, 1.54) is 0 Å². The van der Waals surface area contributed by atoms with Crippen molar-refractivity contribution in [2.75, 3.05) is 11.9 Å². The van der Waals surface area contributed by atoms with Crippen LogP contribution in [0, 0.1) is 0 Å². The Balaban J connectivity index is 1.75. The topological polar surface area (TPSA) is 124 Å². The lowest BCUT2D eigenvalue weighted by molar-refractivity contribution is 0.340. The van der Waals surface area contributed by atoms with Crippen LogP contribution in [-0.4, -0.2) is 37.0 Å². The van der Waals surface area contributed by atoms with Crippen molar-refractivity contribution in [1.29, 1.82) is 0 Å². The number of rotatable bonds is 4. The van der Waals surface area contributed by atoms with Crippen LogP contribution in [0.25, 0.3) is 11.5 Å². The van der Waals surface area contributed by atoms with Gasteiger partial charge in [0.05, 0.1) is 12.9 Å². The van der Waals surface area contributed by atoms with Crippen LogP contribution in [0.3, 0.4) is 0 Å². The van der Waals surface area contributed by atoms with Crippen LogP contribution in [0.5, 0.6) is 5.75 Å². The molecule has 10 nitrogen and oxygen atoms in total. The molecule has 0 radical (unpaired) electrons. The molecule has 5 rings (SSSR count). The van der Waals surface area contributed by atoms with E-state index in [9.17, 15) is 4.79 Å². The fraction of sp³-hybridized carbons (Fsp3) is 0.167. The van der Waals surface area contributed by atoms with Crippen molar-refractivity contribution in [3.8, 4) is 17.2 Å². The standard InChI is InChI=1S/C18H15N7O3/c1-2-27-11-7-5-10(6-8-11)16-13-14(12-4-3-9-28-12)20-21-17(26)15(13)19-18-22-23-24-25(16)18/h3-9,16H,2H2,1H3,(H,21,26)(H,19,22,24). The van der Waals surface area contributed by atoms with Crippen molar-refractivity contribution in [3.05, 3.63) is 64.1 Å². The summed E-state index contributed by atoms with van der Waals surface area (Å²) in [5.41, 5.74) is 1.98. The minimum atomic E-state index is -0.466. The van der Waals surface area contributed by atoms with Gasteiger partial charge in [-0.05, 0) is 47.2 Å². The summed E-state index contributed by atoms with van der Waals surface area (Å²) >= 11 is 0. The molecule has 1 aliphatic heterocycles. The van der Waals surface area contributed by atoms with Crippen LogP contribution in [0.2, 0.25) is 0 Å². The highest BCUT2D eigenvalue weighted by Crippen LogP contribution is 2.41. The first kappa shape index (κ1) is 16.2. The minimum Gasteiger partial charge on any atom is -0.494 e. The Morgan fingerprint density at radius 1 is 1.25 bits per heavy atom. The third-order valence-electron chi connectivity index (χ3n) is 4.53. The van der Waals surface area contributed by atoms with Gasteiger partial charge in [0.2, 0.25) is 5.95 Å². The molecule has 0 bridgehead atoms. The number of aromatic nitrogens is 6. The summed E-state index contributed by atoms with van der Waals surface area (Å²) < 4.78 is 12.7. The second kappa shape index (κ2) is 6.34. The van der Waals surface area contributed by atoms with Crippen molar-refractivity contribution >= 4 is 11.6 Å². The normalized spacial score (nSPS) is 14.8. The van der Waals surface area contributed by atoms with E-state index in [0.29, 0.717) is 35.3 Å². The number of tetrazole rings is 1. The van der Waals surface area contributed by atoms with Crippen molar-refractivity contribution < 1.29 is 9.15 Å². The monoisotopic (exact) mass is 377 g/mol. The molecule has 0 aliphatic carbocycles. The number of anilines is 2. The molecule has 0 spiro atoms. The fourth-order valence-electron chi connectivity index (χ4n) is 3.36. The van der Waals surface area contributed by atoms with Gasteiger partial charge >= 0.3 is 0 Å². The number of benzene rings is 1. The van der Waals surface area contributed by atoms with E-state index in [2.05, 4.69) is 31.0 Å². The lowest BCUT2D eigenvalue weighted by Gasteiger charge is -2.27. The lowest BCUT2D eigenvalue weighted by atomic mass is 9.94. The molecule has 1 aromatic carbocycles. The van der Waals surface area contributed by atoms with E-state index in [0.717, 1.165) is 11.3 Å². The van der Waals surface area contributed by atoms with Crippen molar-refractivity contribution in [2.45, 2.75) is 13.0 Å². The van der Waals surface area contributed by atoms with Crippen LogP contribution in [0.15, 0.2) is 51.9 Å². The van der Waals surface area contributed by atoms with Gasteiger partial charge < -0.3 is 14.5 Å². The minimum absolute atomic E-state index is 0.336. The molecule has 10 heteroatoms. The Hall–Kier alpha value is -3.95. The van der Waals surface area contributed by atoms with Gasteiger partial charge in [0.25, 0.3) is 5.56 Å².